The van der Waals surface area contributed by atoms with E-state index in [2.05, 4.69) is 5.32 Å². The summed E-state index contributed by atoms with van der Waals surface area (Å²) in [5, 5.41) is 12.0. The summed E-state index contributed by atoms with van der Waals surface area (Å²) < 4.78 is 11.2. The number of fused-ring (bicyclic) bond motifs is 2. The highest BCUT2D eigenvalue weighted by molar-refractivity contribution is 8.13. The van der Waals surface area contributed by atoms with Crippen molar-refractivity contribution < 1.29 is 14.3 Å². The molecule has 0 aliphatic carbocycles. The molecule has 0 aromatic heterocycles. The number of nitrogens with one attached hydrogen (secondary N) is 1. The summed E-state index contributed by atoms with van der Waals surface area (Å²) in [7, 11) is 3.17. The van der Waals surface area contributed by atoms with Gasteiger partial charge in [-0.15, -0.1) is 5.10 Å². The molecule has 172 valence electrons. The first-order valence-electron chi connectivity index (χ1n) is 10.5. The molecule has 2 heterocycles. The van der Waals surface area contributed by atoms with Crippen LogP contribution < -0.4 is 25.4 Å². The molecule has 5 rings (SSSR count). The van der Waals surface area contributed by atoms with Gasteiger partial charge in [0.2, 0.25) is 0 Å². The van der Waals surface area contributed by atoms with Gasteiger partial charge >= 0.3 is 0 Å². The van der Waals surface area contributed by atoms with Crippen molar-refractivity contribution in [2.45, 2.75) is 11.9 Å². The summed E-state index contributed by atoms with van der Waals surface area (Å²) in [4.78, 5) is 18.3. The first-order chi connectivity index (χ1) is 16.6. The summed E-state index contributed by atoms with van der Waals surface area (Å²) in [5.74, 6) is 1.52. The number of hydrogen-bond donors (Lipinski definition) is 1. The van der Waals surface area contributed by atoms with E-state index in [4.69, 9.17) is 31.2 Å². The standard InChI is InChI=1S/C25H21ClN4O3S/c1-32-20-9-5-7-18(22(20)33-2)23-27-19-8-4-3-6-17(19)21-24(31)28-25(29-30(21)23)34-14-15-10-12-16(26)13-11-15/h3-13,23H,14H2,1-2H3,(H,28,29,31). The van der Waals surface area contributed by atoms with Crippen LogP contribution in [0.1, 0.15) is 17.3 Å². The first kappa shape index (κ1) is 22.3. The minimum Gasteiger partial charge on any atom is -0.493 e. The lowest BCUT2D eigenvalue weighted by Gasteiger charge is -2.34. The van der Waals surface area contributed by atoms with Crippen LogP contribution in [0.25, 0.3) is 5.70 Å². The molecule has 7 nitrogen and oxygen atoms in total. The van der Waals surface area contributed by atoms with Gasteiger partial charge in [-0.05, 0) is 29.8 Å². The Morgan fingerprint density at radius 2 is 1.82 bits per heavy atom. The van der Waals surface area contributed by atoms with Gasteiger partial charge in [0.15, 0.2) is 22.8 Å². The van der Waals surface area contributed by atoms with E-state index in [0.29, 0.717) is 38.5 Å². The molecule has 2 aliphatic rings. The van der Waals surface area contributed by atoms with E-state index in [1.807, 2.05) is 66.7 Å². The highest BCUT2D eigenvalue weighted by atomic mass is 35.5. The van der Waals surface area contributed by atoms with Crippen LogP contribution in [0.15, 0.2) is 76.8 Å². The normalized spacial score (nSPS) is 16.6. The largest absolute Gasteiger partial charge is 0.493 e. The number of rotatable bonds is 5. The topological polar surface area (TPSA) is 75.5 Å². The molecule has 1 N–H and O–H groups in total. The highest BCUT2D eigenvalue weighted by Crippen LogP contribution is 2.40. The Bertz CT molecular complexity index is 1410. The first-order valence-corrected chi connectivity index (χ1v) is 11.9. The van der Waals surface area contributed by atoms with Gasteiger partial charge in [0.1, 0.15) is 5.70 Å². The number of ether oxygens (including phenoxy) is 2. The Morgan fingerprint density at radius 1 is 1.03 bits per heavy atom. The Labute approximate surface area is 205 Å². The molecule has 9 heteroatoms. The van der Waals surface area contributed by atoms with Crippen LogP contribution >= 0.6 is 23.4 Å². The number of methoxy groups -OCH3 is 2. The number of hydrazone groups is 1. The SMILES string of the molecule is COc1cccc(C2N=c3ccccc3=C3C(=O)NC(SCc4ccc(Cl)cc4)=NN32)c1OC. The smallest absolute Gasteiger partial charge is 0.276 e. The fraction of sp³-hybridized carbons (Fsp3) is 0.160. The lowest BCUT2D eigenvalue weighted by Crippen LogP contribution is -2.50. The maximum atomic E-state index is 13.3. The molecule has 1 amide bonds. The lowest BCUT2D eigenvalue weighted by atomic mass is 10.1. The lowest BCUT2D eigenvalue weighted by molar-refractivity contribution is -0.116. The number of amides is 1. The Balaban J connectivity index is 1.59. The highest BCUT2D eigenvalue weighted by Gasteiger charge is 2.36. The zero-order valence-electron chi connectivity index (χ0n) is 18.5. The number of carbonyl (C=O) groups excluding carboxylic acids is 1. The summed E-state index contributed by atoms with van der Waals surface area (Å²) in [6.45, 7) is 0. The van der Waals surface area contributed by atoms with Crippen LogP contribution in [0.3, 0.4) is 0 Å². The van der Waals surface area contributed by atoms with Gasteiger partial charge in [0.05, 0.1) is 19.6 Å². The molecule has 0 saturated heterocycles. The van der Waals surface area contributed by atoms with Gasteiger partial charge in [-0.25, -0.2) is 5.01 Å². The predicted octanol–water partition coefficient (Wildman–Crippen LogP) is 3.43. The summed E-state index contributed by atoms with van der Waals surface area (Å²) in [6.07, 6.45) is -0.605. The second-order valence-electron chi connectivity index (χ2n) is 7.57. The van der Waals surface area contributed by atoms with Crippen molar-refractivity contribution in [2.75, 3.05) is 14.2 Å². The molecule has 34 heavy (non-hydrogen) atoms. The van der Waals surface area contributed by atoms with Gasteiger partial charge in [0, 0.05) is 21.6 Å². The zero-order chi connectivity index (χ0) is 23.7. The van der Waals surface area contributed by atoms with E-state index in [0.717, 1.165) is 16.3 Å². The number of benzene rings is 3. The number of carbonyl (C=O) groups is 1. The minimum absolute atomic E-state index is 0.234. The fourth-order valence-corrected chi connectivity index (χ4v) is 4.88. The van der Waals surface area contributed by atoms with Crippen LogP contribution in [0.5, 0.6) is 11.5 Å². The van der Waals surface area contributed by atoms with Crippen LogP contribution in [-0.4, -0.2) is 30.3 Å². The predicted molar refractivity (Wildman–Crippen MR) is 133 cm³/mol. The van der Waals surface area contributed by atoms with Gasteiger partial charge in [-0.3, -0.25) is 15.1 Å². The van der Waals surface area contributed by atoms with Gasteiger partial charge in [-0.1, -0.05) is 65.8 Å². The molecule has 0 fully saturated rings. The van der Waals surface area contributed by atoms with Crippen molar-refractivity contribution in [1.82, 2.24) is 10.3 Å². The van der Waals surface area contributed by atoms with Crippen molar-refractivity contribution in [3.8, 4) is 11.5 Å². The van der Waals surface area contributed by atoms with Gasteiger partial charge in [-0.2, -0.15) is 0 Å². The van der Waals surface area contributed by atoms with E-state index < -0.39 is 6.17 Å². The molecular weight excluding hydrogens is 472 g/mol. The number of halogens is 1. The molecule has 3 aromatic rings. The Morgan fingerprint density at radius 3 is 2.59 bits per heavy atom. The van der Waals surface area contributed by atoms with Gasteiger partial charge < -0.3 is 9.47 Å². The average Bonchev–Trinajstić information content (AvgIpc) is 2.87. The van der Waals surface area contributed by atoms with Gasteiger partial charge in [0.25, 0.3) is 5.91 Å². The molecule has 0 spiro atoms. The average molecular weight is 493 g/mol. The number of thioether (sulfide) groups is 1. The third kappa shape index (κ3) is 4.10. The Kier molecular flexibility index (Phi) is 6.17. The maximum absolute atomic E-state index is 13.3. The monoisotopic (exact) mass is 492 g/mol. The molecule has 0 bridgehead atoms. The van der Waals surface area contributed by atoms with Crippen molar-refractivity contribution in [3.05, 3.63) is 93.5 Å². The third-order valence-electron chi connectivity index (χ3n) is 5.52. The fourth-order valence-electron chi connectivity index (χ4n) is 3.94. The molecule has 1 unspecified atom stereocenters. The van der Waals surface area contributed by atoms with Crippen molar-refractivity contribution >= 4 is 40.1 Å². The zero-order valence-corrected chi connectivity index (χ0v) is 20.1. The Hall–Kier alpha value is -3.49. The van der Waals surface area contributed by atoms with Crippen LogP contribution in [-0.2, 0) is 10.5 Å². The number of para-hydroxylation sites is 2. The molecule has 1 atom stereocenters. The van der Waals surface area contributed by atoms with Crippen LogP contribution in [0.2, 0.25) is 5.02 Å². The molecule has 0 radical (unpaired) electrons. The van der Waals surface area contributed by atoms with Crippen LogP contribution in [0, 0.1) is 0 Å². The van der Waals surface area contributed by atoms with E-state index >= 15 is 0 Å². The molecule has 3 aromatic carbocycles. The quantitative estimate of drug-likeness (QED) is 0.590. The third-order valence-corrected chi connectivity index (χ3v) is 6.70. The summed E-state index contributed by atoms with van der Waals surface area (Å²) in [5.41, 5.74) is 2.26. The van der Waals surface area contributed by atoms with Crippen molar-refractivity contribution in [2.24, 2.45) is 10.1 Å². The molecular formula is C25H21ClN4O3S. The van der Waals surface area contributed by atoms with Crippen molar-refractivity contribution in [3.63, 3.8) is 0 Å². The van der Waals surface area contributed by atoms with E-state index in [-0.39, 0.29) is 5.91 Å². The van der Waals surface area contributed by atoms with Crippen LogP contribution in [0.4, 0.5) is 0 Å². The second-order valence-corrected chi connectivity index (χ2v) is 8.97. The van der Waals surface area contributed by atoms with E-state index in [1.165, 1.54) is 11.8 Å². The minimum atomic E-state index is -0.605. The molecule has 0 saturated carbocycles. The maximum Gasteiger partial charge on any atom is 0.276 e. The summed E-state index contributed by atoms with van der Waals surface area (Å²) >= 11 is 7.43. The summed E-state index contributed by atoms with van der Waals surface area (Å²) in [6, 6.07) is 20.7. The number of hydrogen-bond acceptors (Lipinski definition) is 7. The van der Waals surface area contributed by atoms with E-state index in [1.54, 1.807) is 19.2 Å². The number of nitrogens with zero attached hydrogens (tertiary/aromatic N) is 3. The van der Waals surface area contributed by atoms with Crippen molar-refractivity contribution in [1.29, 1.82) is 0 Å². The molecule has 2 aliphatic heterocycles. The number of amidine groups is 1. The second kappa shape index (κ2) is 9.40. The van der Waals surface area contributed by atoms with E-state index in [9.17, 15) is 4.79 Å².